The van der Waals surface area contributed by atoms with Crippen molar-refractivity contribution in [3.05, 3.63) is 32.6 Å². The number of aromatic amines is 1. The zero-order valence-electron chi connectivity index (χ0n) is 17.2. The van der Waals surface area contributed by atoms with Crippen molar-refractivity contribution in [1.82, 2.24) is 9.55 Å². The molecule has 0 saturated carbocycles. The number of nitrogens with one attached hydrogen (secondary N) is 1. The van der Waals surface area contributed by atoms with Gasteiger partial charge >= 0.3 is 5.69 Å². The molecule has 1 aliphatic heterocycles. The predicted octanol–water partition coefficient (Wildman–Crippen LogP) is 1.08. The van der Waals surface area contributed by atoms with Crippen molar-refractivity contribution in [2.75, 3.05) is 18.6 Å². The number of H-pyrrole nitrogens is 1. The number of nitrogens with zero attached hydrogens (tertiary/aromatic N) is 1. The maximum absolute atomic E-state index is 12.7. The summed E-state index contributed by atoms with van der Waals surface area (Å²) in [5.74, 6) is 0.374. The van der Waals surface area contributed by atoms with E-state index in [1.54, 1.807) is 24.9 Å². The van der Waals surface area contributed by atoms with Crippen LogP contribution in [-0.2, 0) is 14.8 Å². The molecule has 0 aliphatic carbocycles. The Morgan fingerprint density at radius 2 is 2.04 bits per heavy atom. The molecule has 1 saturated heterocycles. The molecule has 2 rings (SSSR count). The lowest BCUT2D eigenvalue weighted by atomic mass is 10.0. The zero-order valence-corrected chi connectivity index (χ0v) is 19.2. The number of hydrogen-bond donors (Lipinski definition) is 2. The van der Waals surface area contributed by atoms with Crippen molar-refractivity contribution in [1.29, 1.82) is 0 Å². The van der Waals surface area contributed by atoms with Crippen molar-refractivity contribution in [2.45, 2.75) is 63.9 Å². The lowest BCUT2D eigenvalue weighted by Gasteiger charge is -2.39. The second-order valence-electron chi connectivity index (χ2n) is 8.48. The minimum atomic E-state index is -1.69. The van der Waals surface area contributed by atoms with Crippen LogP contribution in [0.3, 0.4) is 0 Å². The summed E-state index contributed by atoms with van der Waals surface area (Å²) < 4.78 is 13.8. The van der Waals surface area contributed by atoms with Crippen molar-refractivity contribution >= 4 is 20.6 Å². The number of ether oxygens (including phenoxy) is 2. The summed E-state index contributed by atoms with van der Waals surface area (Å²) in [6.07, 6.45) is 2.25. The van der Waals surface area contributed by atoms with E-state index in [0.717, 1.165) is 0 Å². The number of aliphatic hydroxyl groups is 1. The molecule has 0 bridgehead atoms. The highest BCUT2D eigenvalue weighted by atomic mass is 32.2. The average molecular weight is 417 g/mol. The van der Waals surface area contributed by atoms with E-state index in [-0.39, 0.29) is 18.1 Å². The molecule has 2 N–H and O–H groups in total. The molecule has 27 heavy (non-hydrogen) atoms. The van der Waals surface area contributed by atoms with Gasteiger partial charge in [-0.25, -0.2) is 4.79 Å². The SMILES string of the molecule is CSCC1[C@H](O)[C@@H](COC(C)(C)C)O[C@]1(n1cc(C)c(=O)[nH]c1=O)[SiH](C)C. The predicted molar refractivity (Wildman–Crippen MR) is 111 cm³/mol. The van der Waals surface area contributed by atoms with Crippen LogP contribution in [0.2, 0.25) is 13.1 Å². The normalized spacial score (nSPS) is 28.9. The molecule has 0 amide bonds. The first-order valence-electron chi connectivity index (χ1n) is 9.26. The third kappa shape index (κ3) is 4.42. The number of aromatic nitrogens is 2. The Kier molecular flexibility index (Phi) is 6.84. The van der Waals surface area contributed by atoms with Crippen molar-refractivity contribution in [3.8, 4) is 0 Å². The van der Waals surface area contributed by atoms with Crippen LogP contribution in [0.25, 0.3) is 0 Å². The molecular weight excluding hydrogens is 384 g/mol. The van der Waals surface area contributed by atoms with Gasteiger partial charge in [-0.3, -0.25) is 14.3 Å². The van der Waals surface area contributed by atoms with Gasteiger partial charge in [0.25, 0.3) is 5.56 Å². The highest BCUT2D eigenvalue weighted by molar-refractivity contribution is 7.98. The van der Waals surface area contributed by atoms with Crippen LogP contribution in [0.1, 0.15) is 26.3 Å². The summed E-state index contributed by atoms with van der Waals surface area (Å²) in [5, 5.41) is 10.1. The Bertz CT molecular complexity index is 772. The molecule has 0 radical (unpaired) electrons. The van der Waals surface area contributed by atoms with Gasteiger partial charge in [0.15, 0.2) is 0 Å². The van der Waals surface area contributed by atoms with E-state index in [9.17, 15) is 14.7 Å². The summed E-state index contributed by atoms with van der Waals surface area (Å²) in [7, 11) is -1.69. The highest BCUT2D eigenvalue weighted by Gasteiger charge is 2.57. The summed E-state index contributed by atoms with van der Waals surface area (Å²) in [6, 6.07) is 0. The number of hydrogen-bond acceptors (Lipinski definition) is 6. The number of thioether (sulfide) groups is 1. The molecular formula is C18H32N2O5SSi. The molecule has 1 aromatic rings. The second-order valence-corrected chi connectivity index (χ2v) is 12.5. The van der Waals surface area contributed by atoms with E-state index in [1.165, 1.54) is 4.57 Å². The van der Waals surface area contributed by atoms with Gasteiger partial charge in [-0.1, -0.05) is 13.1 Å². The minimum absolute atomic E-state index is 0.246. The lowest BCUT2D eigenvalue weighted by molar-refractivity contribution is -0.116. The molecule has 1 aliphatic rings. The molecule has 2 heterocycles. The average Bonchev–Trinajstić information content (AvgIpc) is 2.83. The monoisotopic (exact) mass is 416 g/mol. The van der Waals surface area contributed by atoms with Gasteiger partial charge in [0.05, 0.1) is 27.1 Å². The second kappa shape index (κ2) is 8.24. The van der Waals surface area contributed by atoms with Crippen LogP contribution in [0.4, 0.5) is 0 Å². The van der Waals surface area contributed by atoms with E-state index in [2.05, 4.69) is 18.1 Å². The maximum Gasteiger partial charge on any atom is 0.330 e. The summed E-state index contributed by atoms with van der Waals surface area (Å²) >= 11 is 1.61. The quantitative estimate of drug-likeness (QED) is 0.674. The van der Waals surface area contributed by atoms with E-state index >= 15 is 0 Å². The molecule has 1 aromatic heterocycles. The summed E-state index contributed by atoms with van der Waals surface area (Å²) in [4.78, 5) is 26.9. The highest BCUT2D eigenvalue weighted by Crippen LogP contribution is 2.43. The Balaban J connectivity index is 2.56. The van der Waals surface area contributed by atoms with E-state index in [4.69, 9.17) is 9.47 Å². The Morgan fingerprint density at radius 3 is 2.56 bits per heavy atom. The molecule has 7 nitrogen and oxygen atoms in total. The van der Waals surface area contributed by atoms with Crippen molar-refractivity contribution < 1.29 is 14.6 Å². The van der Waals surface area contributed by atoms with E-state index in [1.807, 2.05) is 27.0 Å². The number of aryl methyl sites for hydroxylation is 1. The third-order valence-electron chi connectivity index (χ3n) is 5.02. The molecule has 1 fully saturated rings. The van der Waals surface area contributed by atoms with E-state index < -0.39 is 37.6 Å². The van der Waals surface area contributed by atoms with Gasteiger partial charge in [-0.15, -0.1) is 0 Å². The fourth-order valence-corrected chi connectivity index (χ4v) is 7.00. The van der Waals surface area contributed by atoms with Crippen LogP contribution in [0.15, 0.2) is 15.8 Å². The van der Waals surface area contributed by atoms with Gasteiger partial charge in [-0.2, -0.15) is 11.8 Å². The van der Waals surface area contributed by atoms with Gasteiger partial charge in [0, 0.05) is 23.4 Å². The minimum Gasteiger partial charge on any atom is -0.390 e. The Hall–Kier alpha value is -0.873. The first-order valence-corrected chi connectivity index (χ1v) is 13.5. The lowest BCUT2D eigenvalue weighted by Crippen LogP contribution is -2.57. The topological polar surface area (TPSA) is 93.5 Å². The standard InChI is InChI=1S/C18H32N2O5SSi/c1-11-8-20(16(23)19-15(11)22)18(27(6)7)12(10-26-5)14(21)13(25-18)9-24-17(2,3)4/h8,12-14,21,27H,9-10H2,1-7H3,(H,19,22,23)/t12?,13-,14+,18+/m1/s1. The molecule has 154 valence electrons. The number of aliphatic hydroxyl groups excluding tert-OH is 1. The number of rotatable bonds is 6. The van der Waals surface area contributed by atoms with Crippen LogP contribution in [-0.4, -0.2) is 59.9 Å². The summed E-state index contributed by atoms with van der Waals surface area (Å²) in [6.45, 7) is 12.0. The van der Waals surface area contributed by atoms with Crippen molar-refractivity contribution in [3.63, 3.8) is 0 Å². The smallest absolute Gasteiger partial charge is 0.330 e. The van der Waals surface area contributed by atoms with Gasteiger partial charge in [-0.05, 0) is 34.0 Å². The zero-order chi connectivity index (χ0) is 20.6. The Labute approximate surface area is 166 Å². The molecule has 1 unspecified atom stereocenters. The fourth-order valence-electron chi connectivity index (χ4n) is 3.67. The molecule has 0 aromatic carbocycles. The van der Waals surface area contributed by atoms with Gasteiger partial charge in [0.1, 0.15) is 11.5 Å². The largest absolute Gasteiger partial charge is 0.390 e. The Morgan fingerprint density at radius 1 is 1.41 bits per heavy atom. The first kappa shape index (κ1) is 22.4. The van der Waals surface area contributed by atoms with E-state index in [0.29, 0.717) is 11.3 Å². The molecule has 9 heteroatoms. The first-order chi connectivity index (χ1) is 12.4. The molecule has 4 atom stereocenters. The van der Waals surface area contributed by atoms with Crippen LogP contribution < -0.4 is 11.2 Å². The summed E-state index contributed by atoms with van der Waals surface area (Å²) in [5.41, 5.74) is -0.810. The van der Waals surface area contributed by atoms with Crippen LogP contribution in [0.5, 0.6) is 0 Å². The fraction of sp³-hybridized carbons (Fsp3) is 0.778. The van der Waals surface area contributed by atoms with Gasteiger partial charge in [0.2, 0.25) is 0 Å². The third-order valence-corrected chi connectivity index (χ3v) is 8.20. The van der Waals surface area contributed by atoms with Crippen LogP contribution >= 0.6 is 11.8 Å². The maximum atomic E-state index is 12.7. The van der Waals surface area contributed by atoms with Crippen molar-refractivity contribution in [2.24, 2.45) is 5.92 Å². The van der Waals surface area contributed by atoms with Gasteiger partial charge < -0.3 is 14.6 Å². The molecule has 0 spiro atoms. The van der Waals surface area contributed by atoms with Crippen LogP contribution in [0, 0.1) is 12.8 Å².